The van der Waals surface area contributed by atoms with Crippen molar-refractivity contribution in [2.45, 2.75) is 110 Å². The Kier molecular flexibility index (Phi) is 12.8. The van der Waals surface area contributed by atoms with Crippen molar-refractivity contribution in [3.05, 3.63) is 35.4 Å². The van der Waals surface area contributed by atoms with Gasteiger partial charge in [-0.15, -0.1) is 0 Å². The highest BCUT2D eigenvalue weighted by Crippen LogP contribution is 2.31. The van der Waals surface area contributed by atoms with E-state index in [0.29, 0.717) is 45.1 Å². The summed E-state index contributed by atoms with van der Waals surface area (Å²) in [5.74, 6) is -2.51. The molecule has 1 heterocycles. The molecule has 0 radical (unpaired) electrons. The molecule has 10 nitrogen and oxygen atoms in total. The molecule has 3 atom stereocenters. The minimum Gasteiger partial charge on any atom is -0.444 e. The number of ketones is 1. The second-order valence-corrected chi connectivity index (χ2v) is 11.8. The first kappa shape index (κ1) is 33.8. The predicted octanol–water partition coefficient (Wildman–Crippen LogP) is 3.30. The summed E-state index contributed by atoms with van der Waals surface area (Å²) in [5.41, 5.74) is 1.53. The van der Waals surface area contributed by atoms with Crippen LogP contribution in [-0.2, 0) is 36.8 Å². The lowest BCUT2D eigenvalue weighted by Crippen LogP contribution is -2.58. The third kappa shape index (κ3) is 9.57. The van der Waals surface area contributed by atoms with Crippen LogP contribution in [-0.4, -0.2) is 71.8 Å². The normalized spacial score (nSPS) is 17.8. The molecular weight excluding hydrogens is 524 g/mol. The Morgan fingerprint density at radius 1 is 1.00 bits per heavy atom. The van der Waals surface area contributed by atoms with Gasteiger partial charge in [-0.05, 0) is 69.9 Å². The van der Waals surface area contributed by atoms with Gasteiger partial charge < -0.3 is 25.6 Å². The van der Waals surface area contributed by atoms with Gasteiger partial charge in [-0.2, -0.15) is 0 Å². The standard InChI is InChI=1S/C28H40N4O6.C3H8/c1-6-10-20(23(33)25(35)29-5)30-24(34)21-13-9-14-32(21)26(36)22(31-27(37)38-28(2,3)4)19-15-17-11-7-8-12-18(17)16-19;1-3-2/h7-8,11-12,19-22H,6,9-10,13-16H2,1-5H3,(H,29,35)(H,30,34)(H,31,37);3H2,1-2H3/t20?,21-,22-;/m0./s1. The maximum absolute atomic E-state index is 13.9. The molecule has 1 unspecified atom stereocenters. The second kappa shape index (κ2) is 15.5. The van der Waals surface area contributed by atoms with Crippen molar-refractivity contribution in [3.63, 3.8) is 0 Å². The van der Waals surface area contributed by atoms with E-state index >= 15 is 0 Å². The number of rotatable bonds is 9. The number of alkyl carbamates (subject to hydrolysis) is 1. The molecule has 1 aromatic rings. The van der Waals surface area contributed by atoms with Crippen molar-refractivity contribution < 1.29 is 28.7 Å². The van der Waals surface area contributed by atoms with E-state index in [1.807, 2.05) is 31.2 Å². The first-order chi connectivity index (χ1) is 19.4. The summed E-state index contributed by atoms with van der Waals surface area (Å²) in [5, 5.41) is 7.80. The Bertz CT molecular complexity index is 1060. The molecule has 0 bridgehead atoms. The van der Waals surface area contributed by atoms with Crippen LogP contribution in [0.1, 0.15) is 84.8 Å². The number of hydrogen-bond acceptors (Lipinski definition) is 6. The van der Waals surface area contributed by atoms with Gasteiger partial charge >= 0.3 is 6.09 Å². The third-order valence-corrected chi connectivity index (χ3v) is 6.99. The molecule has 4 amide bonds. The maximum Gasteiger partial charge on any atom is 0.408 e. The zero-order chi connectivity index (χ0) is 30.7. The zero-order valence-corrected chi connectivity index (χ0v) is 25.7. The summed E-state index contributed by atoms with van der Waals surface area (Å²) in [6.45, 7) is 11.7. The lowest BCUT2D eigenvalue weighted by atomic mass is 9.95. The van der Waals surface area contributed by atoms with Crippen molar-refractivity contribution >= 4 is 29.6 Å². The van der Waals surface area contributed by atoms with Crippen LogP contribution in [0.15, 0.2) is 24.3 Å². The fraction of sp³-hybridized carbons (Fsp3) is 0.645. The first-order valence-corrected chi connectivity index (χ1v) is 14.8. The average molecular weight is 573 g/mol. The van der Waals surface area contributed by atoms with Gasteiger partial charge in [0, 0.05) is 13.6 Å². The fourth-order valence-corrected chi connectivity index (χ4v) is 5.23. The molecule has 10 heteroatoms. The predicted molar refractivity (Wildman–Crippen MR) is 157 cm³/mol. The number of fused-ring (bicyclic) bond motifs is 1. The molecule has 3 N–H and O–H groups in total. The van der Waals surface area contributed by atoms with Crippen molar-refractivity contribution in [2.75, 3.05) is 13.6 Å². The number of nitrogens with one attached hydrogen (secondary N) is 3. The molecule has 1 aliphatic heterocycles. The molecular formula is C31H48N4O6. The summed E-state index contributed by atoms with van der Waals surface area (Å²) in [4.78, 5) is 65.9. The molecule has 1 saturated heterocycles. The van der Waals surface area contributed by atoms with E-state index in [0.717, 1.165) is 11.1 Å². The molecule has 3 rings (SSSR count). The van der Waals surface area contributed by atoms with Crippen LogP contribution in [0.25, 0.3) is 0 Å². The van der Waals surface area contributed by atoms with Gasteiger partial charge in [-0.25, -0.2) is 4.79 Å². The largest absolute Gasteiger partial charge is 0.444 e. The third-order valence-electron chi connectivity index (χ3n) is 6.99. The fourth-order valence-electron chi connectivity index (χ4n) is 5.23. The highest BCUT2D eigenvalue weighted by atomic mass is 16.6. The van der Waals surface area contributed by atoms with Crippen molar-refractivity contribution in [2.24, 2.45) is 5.92 Å². The number of amides is 4. The number of ether oxygens (including phenoxy) is 1. The van der Waals surface area contributed by atoms with Crippen LogP contribution in [0.3, 0.4) is 0 Å². The lowest BCUT2D eigenvalue weighted by Gasteiger charge is -2.32. The van der Waals surface area contributed by atoms with Crippen LogP contribution >= 0.6 is 0 Å². The Morgan fingerprint density at radius 3 is 2.10 bits per heavy atom. The molecule has 0 spiro atoms. The van der Waals surface area contributed by atoms with Crippen LogP contribution in [0.4, 0.5) is 4.79 Å². The Labute approximate surface area is 244 Å². The Balaban J connectivity index is 0.00000187. The first-order valence-electron chi connectivity index (χ1n) is 14.8. The smallest absolute Gasteiger partial charge is 0.408 e. The van der Waals surface area contributed by atoms with Gasteiger partial charge in [0.1, 0.15) is 17.7 Å². The molecule has 1 aliphatic carbocycles. The quantitative estimate of drug-likeness (QED) is 0.389. The Hall–Kier alpha value is -3.43. The summed E-state index contributed by atoms with van der Waals surface area (Å²) in [7, 11) is 1.36. The minimum absolute atomic E-state index is 0.195. The van der Waals surface area contributed by atoms with Gasteiger partial charge in [-0.1, -0.05) is 57.9 Å². The van der Waals surface area contributed by atoms with Gasteiger partial charge in [0.15, 0.2) is 0 Å². The number of benzene rings is 1. The number of hydrogen-bond donors (Lipinski definition) is 3. The lowest BCUT2D eigenvalue weighted by molar-refractivity contribution is -0.143. The van der Waals surface area contributed by atoms with Crippen LogP contribution in [0.5, 0.6) is 0 Å². The van der Waals surface area contributed by atoms with E-state index in [2.05, 4.69) is 29.8 Å². The number of Topliss-reactive ketones (excluding diaryl/α,β-unsaturated/α-hetero) is 1. The van der Waals surface area contributed by atoms with Crippen molar-refractivity contribution in [3.8, 4) is 0 Å². The van der Waals surface area contributed by atoms with Crippen LogP contribution < -0.4 is 16.0 Å². The molecule has 1 aromatic carbocycles. The number of carbonyl (C=O) groups excluding carboxylic acids is 5. The van der Waals surface area contributed by atoms with E-state index in [-0.39, 0.29) is 11.8 Å². The molecule has 228 valence electrons. The Morgan fingerprint density at radius 2 is 1.59 bits per heavy atom. The topological polar surface area (TPSA) is 134 Å². The monoisotopic (exact) mass is 572 g/mol. The van der Waals surface area contributed by atoms with Gasteiger partial charge in [-0.3, -0.25) is 19.2 Å². The number of likely N-dealkylation sites (tertiary alicyclic amines) is 1. The average Bonchev–Trinajstić information content (AvgIpc) is 3.57. The molecule has 2 aliphatic rings. The summed E-state index contributed by atoms with van der Waals surface area (Å²) >= 11 is 0. The van der Waals surface area contributed by atoms with Gasteiger partial charge in [0.25, 0.3) is 5.91 Å². The molecule has 1 fully saturated rings. The van der Waals surface area contributed by atoms with E-state index in [4.69, 9.17) is 4.74 Å². The van der Waals surface area contributed by atoms with E-state index < -0.39 is 47.4 Å². The van der Waals surface area contributed by atoms with E-state index in [9.17, 15) is 24.0 Å². The van der Waals surface area contributed by atoms with Gasteiger partial charge in [0.05, 0.1) is 6.04 Å². The zero-order valence-electron chi connectivity index (χ0n) is 25.7. The second-order valence-electron chi connectivity index (χ2n) is 11.8. The summed E-state index contributed by atoms with van der Waals surface area (Å²) in [6, 6.07) is 5.29. The summed E-state index contributed by atoms with van der Waals surface area (Å²) in [6.07, 6.45) is 3.72. The highest BCUT2D eigenvalue weighted by molar-refractivity contribution is 6.38. The molecule has 41 heavy (non-hydrogen) atoms. The highest BCUT2D eigenvalue weighted by Gasteiger charge is 2.43. The minimum atomic E-state index is -0.968. The van der Waals surface area contributed by atoms with Gasteiger partial charge in [0.2, 0.25) is 17.6 Å². The van der Waals surface area contributed by atoms with E-state index in [1.165, 1.54) is 18.4 Å². The SMILES string of the molecule is CCC.CCCC(NC(=O)[C@@H]1CCCN1C(=O)[C@@H](NC(=O)OC(C)(C)C)C1Cc2ccccc2C1)C(=O)C(=O)NC. The molecule has 0 aromatic heterocycles. The number of likely N-dealkylation sites (N-methyl/N-ethyl adjacent to an activating group) is 1. The summed E-state index contributed by atoms with van der Waals surface area (Å²) < 4.78 is 5.46. The van der Waals surface area contributed by atoms with Crippen LogP contribution in [0, 0.1) is 5.92 Å². The maximum atomic E-state index is 13.9. The number of nitrogens with zero attached hydrogens (tertiary/aromatic N) is 1. The number of carbonyl (C=O) groups is 5. The van der Waals surface area contributed by atoms with Crippen LogP contribution in [0.2, 0.25) is 0 Å². The van der Waals surface area contributed by atoms with Crippen molar-refractivity contribution in [1.29, 1.82) is 0 Å². The van der Waals surface area contributed by atoms with Crippen molar-refractivity contribution in [1.82, 2.24) is 20.9 Å². The van der Waals surface area contributed by atoms with E-state index in [1.54, 1.807) is 20.8 Å². The molecule has 0 saturated carbocycles.